The summed E-state index contributed by atoms with van der Waals surface area (Å²) in [5.41, 5.74) is 8.76. The van der Waals surface area contributed by atoms with Gasteiger partial charge in [0.2, 0.25) is 0 Å². The summed E-state index contributed by atoms with van der Waals surface area (Å²) in [7, 11) is 0. The molecule has 20 heavy (non-hydrogen) atoms. The molecule has 0 radical (unpaired) electrons. The molecule has 0 bridgehead atoms. The van der Waals surface area contributed by atoms with Crippen LogP contribution in [0.5, 0.6) is 0 Å². The van der Waals surface area contributed by atoms with E-state index in [-0.39, 0.29) is 11.2 Å². The van der Waals surface area contributed by atoms with Gasteiger partial charge in [0.15, 0.2) is 0 Å². The van der Waals surface area contributed by atoms with Gasteiger partial charge in [-0.05, 0) is 52.3 Å². The van der Waals surface area contributed by atoms with Gasteiger partial charge < -0.3 is 15.4 Å². The van der Waals surface area contributed by atoms with Crippen molar-refractivity contribution in [2.45, 2.75) is 45.8 Å². The lowest BCUT2D eigenvalue weighted by molar-refractivity contribution is -0.133. The first-order chi connectivity index (χ1) is 9.10. The summed E-state index contributed by atoms with van der Waals surface area (Å²) >= 11 is 5.20. The fraction of sp³-hybridized carbons (Fsp3) is 0.562. The van der Waals surface area contributed by atoms with Crippen molar-refractivity contribution in [3.63, 3.8) is 0 Å². The number of aryl methyl sites for hydroxylation is 1. The molecule has 2 N–H and O–H groups in total. The SMILES string of the molecule is Cc1ccc(C(N)=S)c(N2CC(C)(C)OC(C)(C)C2)c1. The van der Waals surface area contributed by atoms with Gasteiger partial charge >= 0.3 is 0 Å². The molecule has 0 aromatic heterocycles. The largest absolute Gasteiger partial charge is 0.389 e. The molecule has 0 saturated carbocycles. The first-order valence-electron chi connectivity index (χ1n) is 6.95. The molecule has 1 fully saturated rings. The maximum absolute atomic E-state index is 6.14. The molecular weight excluding hydrogens is 268 g/mol. The van der Waals surface area contributed by atoms with E-state index in [9.17, 15) is 0 Å². The normalized spacial score (nSPS) is 20.8. The van der Waals surface area contributed by atoms with Crippen LogP contribution in [-0.4, -0.2) is 29.3 Å². The first kappa shape index (κ1) is 15.3. The molecule has 1 heterocycles. The van der Waals surface area contributed by atoms with Crippen LogP contribution in [0.2, 0.25) is 0 Å². The molecule has 0 amide bonds. The molecule has 0 unspecified atom stereocenters. The van der Waals surface area contributed by atoms with Gasteiger partial charge in [-0.3, -0.25) is 0 Å². The highest BCUT2D eigenvalue weighted by Crippen LogP contribution is 2.33. The van der Waals surface area contributed by atoms with Gasteiger partial charge in [-0.25, -0.2) is 0 Å². The average molecular weight is 292 g/mol. The van der Waals surface area contributed by atoms with Gasteiger partial charge in [-0.15, -0.1) is 0 Å². The molecule has 0 atom stereocenters. The summed E-state index contributed by atoms with van der Waals surface area (Å²) in [6.45, 7) is 12.2. The van der Waals surface area contributed by atoms with Crippen LogP contribution in [0, 0.1) is 6.92 Å². The molecule has 110 valence electrons. The van der Waals surface area contributed by atoms with Crippen LogP contribution >= 0.6 is 12.2 Å². The Labute approximate surface area is 127 Å². The van der Waals surface area contributed by atoms with Gasteiger partial charge in [0, 0.05) is 24.3 Å². The van der Waals surface area contributed by atoms with E-state index in [1.165, 1.54) is 5.56 Å². The van der Waals surface area contributed by atoms with Gasteiger partial charge in [0.25, 0.3) is 0 Å². The van der Waals surface area contributed by atoms with Gasteiger partial charge in [0.1, 0.15) is 4.99 Å². The predicted octanol–water partition coefficient (Wildman–Crippen LogP) is 3.02. The van der Waals surface area contributed by atoms with Crippen molar-refractivity contribution in [1.29, 1.82) is 0 Å². The number of benzene rings is 1. The second-order valence-corrected chi connectivity index (χ2v) is 7.30. The minimum Gasteiger partial charge on any atom is -0.389 e. The number of anilines is 1. The highest BCUT2D eigenvalue weighted by atomic mass is 32.1. The second-order valence-electron chi connectivity index (χ2n) is 6.86. The first-order valence-corrected chi connectivity index (χ1v) is 7.36. The zero-order chi connectivity index (χ0) is 15.1. The molecule has 1 aliphatic rings. The third-order valence-corrected chi connectivity index (χ3v) is 3.68. The molecule has 1 aromatic carbocycles. The Kier molecular flexibility index (Phi) is 3.82. The van der Waals surface area contributed by atoms with Crippen LogP contribution in [0.25, 0.3) is 0 Å². The molecule has 0 aliphatic carbocycles. The van der Waals surface area contributed by atoms with Crippen LogP contribution in [0.4, 0.5) is 5.69 Å². The third kappa shape index (κ3) is 3.30. The molecule has 3 nitrogen and oxygen atoms in total. The Hall–Kier alpha value is -1.13. The summed E-state index contributed by atoms with van der Waals surface area (Å²) < 4.78 is 6.14. The fourth-order valence-corrected chi connectivity index (χ4v) is 3.24. The number of thiocarbonyl (C=S) groups is 1. The Bertz CT molecular complexity index is 521. The van der Waals surface area contributed by atoms with Crippen LogP contribution < -0.4 is 10.6 Å². The van der Waals surface area contributed by atoms with Gasteiger partial charge in [-0.2, -0.15) is 0 Å². The lowest BCUT2D eigenvalue weighted by atomic mass is 9.97. The van der Waals surface area contributed by atoms with Crippen molar-refractivity contribution in [3.8, 4) is 0 Å². The summed E-state index contributed by atoms with van der Waals surface area (Å²) in [5.74, 6) is 0. The molecule has 1 aromatic rings. The van der Waals surface area contributed by atoms with Crippen LogP contribution in [0.15, 0.2) is 18.2 Å². The predicted molar refractivity (Wildman–Crippen MR) is 88.5 cm³/mol. The topological polar surface area (TPSA) is 38.5 Å². The number of hydrogen-bond acceptors (Lipinski definition) is 3. The quantitative estimate of drug-likeness (QED) is 0.850. The minimum atomic E-state index is -0.195. The van der Waals surface area contributed by atoms with Crippen molar-refractivity contribution in [3.05, 3.63) is 29.3 Å². The van der Waals surface area contributed by atoms with E-state index in [1.807, 2.05) is 6.07 Å². The van der Waals surface area contributed by atoms with E-state index in [4.69, 9.17) is 22.7 Å². The third-order valence-electron chi connectivity index (χ3n) is 3.46. The standard InChI is InChI=1S/C16H24N2OS/c1-11-6-7-12(14(17)20)13(8-11)18-9-15(2,3)19-16(4,5)10-18/h6-8H,9-10H2,1-5H3,(H2,17,20). The fourth-order valence-electron chi connectivity index (χ4n) is 3.07. The summed E-state index contributed by atoms with van der Waals surface area (Å²) in [5, 5.41) is 0. The number of ether oxygens (including phenoxy) is 1. The Morgan fingerprint density at radius 2 is 1.75 bits per heavy atom. The number of morpholine rings is 1. The maximum Gasteiger partial charge on any atom is 0.106 e. The lowest BCUT2D eigenvalue weighted by Gasteiger charge is -2.48. The molecule has 1 saturated heterocycles. The number of nitrogens with two attached hydrogens (primary N) is 1. The number of rotatable bonds is 2. The van der Waals surface area contributed by atoms with E-state index in [2.05, 4.69) is 51.7 Å². The monoisotopic (exact) mass is 292 g/mol. The van der Waals surface area contributed by atoms with E-state index < -0.39 is 0 Å². The highest BCUT2D eigenvalue weighted by molar-refractivity contribution is 7.80. The minimum absolute atomic E-state index is 0.195. The molecule has 1 aliphatic heterocycles. The Morgan fingerprint density at radius 1 is 1.20 bits per heavy atom. The average Bonchev–Trinajstić information content (AvgIpc) is 2.24. The van der Waals surface area contributed by atoms with Crippen LogP contribution in [-0.2, 0) is 4.74 Å². The van der Waals surface area contributed by atoms with Crippen molar-refractivity contribution >= 4 is 22.9 Å². The lowest BCUT2D eigenvalue weighted by Crippen LogP contribution is -2.57. The number of hydrogen-bond donors (Lipinski definition) is 1. The van der Waals surface area contributed by atoms with E-state index in [0.717, 1.165) is 24.3 Å². The van der Waals surface area contributed by atoms with E-state index >= 15 is 0 Å². The van der Waals surface area contributed by atoms with Crippen molar-refractivity contribution in [2.75, 3.05) is 18.0 Å². The smallest absolute Gasteiger partial charge is 0.106 e. The molecular formula is C16H24N2OS. The summed E-state index contributed by atoms with van der Waals surface area (Å²) in [6.07, 6.45) is 0. The highest BCUT2D eigenvalue weighted by Gasteiger charge is 2.38. The van der Waals surface area contributed by atoms with Crippen molar-refractivity contribution in [1.82, 2.24) is 0 Å². The van der Waals surface area contributed by atoms with E-state index in [1.54, 1.807) is 0 Å². The van der Waals surface area contributed by atoms with Crippen molar-refractivity contribution in [2.24, 2.45) is 5.73 Å². The maximum atomic E-state index is 6.14. The molecule has 0 spiro atoms. The zero-order valence-electron chi connectivity index (χ0n) is 13.0. The zero-order valence-corrected chi connectivity index (χ0v) is 13.8. The number of nitrogens with zero attached hydrogens (tertiary/aromatic N) is 1. The van der Waals surface area contributed by atoms with E-state index in [0.29, 0.717) is 4.99 Å². The second kappa shape index (κ2) is 5.01. The molecule has 2 rings (SSSR count). The Morgan fingerprint density at radius 3 is 2.25 bits per heavy atom. The van der Waals surface area contributed by atoms with Crippen LogP contribution in [0.1, 0.15) is 38.8 Å². The van der Waals surface area contributed by atoms with Gasteiger partial charge in [-0.1, -0.05) is 18.3 Å². The van der Waals surface area contributed by atoms with Gasteiger partial charge in [0.05, 0.1) is 11.2 Å². The van der Waals surface area contributed by atoms with Crippen LogP contribution in [0.3, 0.4) is 0 Å². The molecule has 4 heteroatoms. The Balaban J connectivity index is 2.45. The summed E-state index contributed by atoms with van der Waals surface area (Å²) in [4.78, 5) is 2.78. The van der Waals surface area contributed by atoms with Crippen molar-refractivity contribution < 1.29 is 4.74 Å². The summed E-state index contributed by atoms with van der Waals surface area (Å²) in [6, 6.07) is 6.23.